The molecule has 1 aromatic carbocycles. The van der Waals surface area contributed by atoms with Gasteiger partial charge in [0.1, 0.15) is 11.6 Å². The SMILES string of the molecule is N#Cc1ccc(C(F)(F)F)c(CO)c1[N+](=O)[O-]. The van der Waals surface area contributed by atoms with Crippen molar-refractivity contribution in [1.29, 1.82) is 5.26 Å². The Labute approximate surface area is 92.9 Å². The van der Waals surface area contributed by atoms with Crippen LogP contribution in [0.15, 0.2) is 12.1 Å². The molecule has 0 aliphatic carbocycles. The summed E-state index contributed by atoms with van der Waals surface area (Å²) in [5.41, 5.74) is -3.75. The Morgan fingerprint density at radius 2 is 2.06 bits per heavy atom. The number of alkyl halides is 3. The van der Waals surface area contributed by atoms with Crippen molar-refractivity contribution in [3.8, 4) is 6.07 Å². The monoisotopic (exact) mass is 246 g/mol. The highest BCUT2D eigenvalue weighted by Crippen LogP contribution is 2.37. The first-order valence-electron chi connectivity index (χ1n) is 4.21. The van der Waals surface area contributed by atoms with Gasteiger partial charge in [0.25, 0.3) is 5.69 Å². The molecule has 0 amide bonds. The number of nitrogens with zero attached hydrogens (tertiary/aromatic N) is 2. The van der Waals surface area contributed by atoms with E-state index in [9.17, 15) is 23.3 Å². The summed E-state index contributed by atoms with van der Waals surface area (Å²) in [4.78, 5) is 9.50. The predicted octanol–water partition coefficient (Wildman–Crippen LogP) is 1.98. The van der Waals surface area contributed by atoms with Gasteiger partial charge in [-0.25, -0.2) is 0 Å². The fourth-order valence-electron chi connectivity index (χ4n) is 1.36. The van der Waals surface area contributed by atoms with Gasteiger partial charge in [-0.1, -0.05) is 0 Å². The molecule has 0 saturated heterocycles. The van der Waals surface area contributed by atoms with Crippen molar-refractivity contribution < 1.29 is 23.2 Å². The molecule has 0 heterocycles. The number of hydrogen-bond acceptors (Lipinski definition) is 4. The first-order valence-corrected chi connectivity index (χ1v) is 4.21. The summed E-state index contributed by atoms with van der Waals surface area (Å²) in [6.45, 7) is -1.17. The number of halogens is 3. The molecule has 8 heteroatoms. The van der Waals surface area contributed by atoms with E-state index in [4.69, 9.17) is 10.4 Å². The van der Waals surface area contributed by atoms with E-state index in [0.717, 1.165) is 0 Å². The van der Waals surface area contributed by atoms with Crippen LogP contribution in [0.3, 0.4) is 0 Å². The van der Waals surface area contributed by atoms with Crippen LogP contribution in [0.4, 0.5) is 18.9 Å². The van der Waals surface area contributed by atoms with Crippen LogP contribution in [0.25, 0.3) is 0 Å². The van der Waals surface area contributed by atoms with E-state index >= 15 is 0 Å². The second-order valence-electron chi connectivity index (χ2n) is 3.01. The maximum Gasteiger partial charge on any atom is 0.417 e. The van der Waals surface area contributed by atoms with E-state index in [1.165, 1.54) is 6.07 Å². The summed E-state index contributed by atoms with van der Waals surface area (Å²) < 4.78 is 37.5. The van der Waals surface area contributed by atoms with Crippen molar-refractivity contribution in [1.82, 2.24) is 0 Å². The third kappa shape index (κ3) is 2.34. The van der Waals surface area contributed by atoms with Crippen LogP contribution in [0, 0.1) is 21.4 Å². The second-order valence-corrected chi connectivity index (χ2v) is 3.01. The van der Waals surface area contributed by atoms with Crippen LogP contribution < -0.4 is 0 Å². The van der Waals surface area contributed by atoms with Crippen LogP contribution in [-0.2, 0) is 12.8 Å². The number of nitriles is 1. The van der Waals surface area contributed by atoms with Gasteiger partial charge in [-0.15, -0.1) is 0 Å². The lowest BCUT2D eigenvalue weighted by Crippen LogP contribution is -2.12. The van der Waals surface area contributed by atoms with Gasteiger partial charge in [0, 0.05) is 0 Å². The van der Waals surface area contributed by atoms with Crippen LogP contribution in [0.2, 0.25) is 0 Å². The summed E-state index contributed by atoms with van der Waals surface area (Å²) in [5.74, 6) is 0. The Balaban J connectivity index is 3.66. The van der Waals surface area contributed by atoms with Crippen molar-refractivity contribution in [3.63, 3.8) is 0 Å². The Morgan fingerprint density at radius 1 is 1.47 bits per heavy atom. The lowest BCUT2D eigenvalue weighted by Gasteiger charge is -2.11. The second kappa shape index (κ2) is 4.39. The molecule has 0 aromatic heterocycles. The van der Waals surface area contributed by atoms with Crippen LogP contribution in [0.5, 0.6) is 0 Å². The molecular formula is C9H5F3N2O3. The topological polar surface area (TPSA) is 87.2 Å². The zero-order chi connectivity index (χ0) is 13.2. The first-order chi connectivity index (χ1) is 7.82. The standard InChI is InChI=1S/C9H5F3N2O3/c10-9(11,12)7-2-1-5(3-13)8(14(16)17)6(7)4-15/h1-2,15H,4H2. The Hall–Kier alpha value is -2.14. The molecule has 0 saturated carbocycles. The number of aliphatic hydroxyl groups excluding tert-OH is 1. The molecule has 0 atom stereocenters. The Morgan fingerprint density at radius 3 is 2.41 bits per heavy atom. The van der Waals surface area contributed by atoms with Crippen LogP contribution >= 0.6 is 0 Å². The lowest BCUT2D eigenvalue weighted by molar-refractivity contribution is -0.386. The quantitative estimate of drug-likeness (QED) is 0.638. The third-order valence-electron chi connectivity index (χ3n) is 2.05. The van der Waals surface area contributed by atoms with Gasteiger partial charge in [0.15, 0.2) is 0 Å². The third-order valence-corrected chi connectivity index (χ3v) is 2.05. The molecule has 1 N–H and O–H groups in total. The number of benzene rings is 1. The molecule has 90 valence electrons. The van der Waals surface area contributed by atoms with Gasteiger partial charge in [-0.05, 0) is 12.1 Å². The minimum absolute atomic E-state index is 0.521. The van der Waals surface area contributed by atoms with Crippen molar-refractivity contribution in [3.05, 3.63) is 38.9 Å². The van der Waals surface area contributed by atoms with E-state index in [-0.39, 0.29) is 0 Å². The molecule has 0 spiro atoms. The number of nitro benzene ring substituents is 1. The summed E-state index contributed by atoms with van der Waals surface area (Å²) in [5, 5.41) is 28.0. The summed E-state index contributed by atoms with van der Waals surface area (Å²) >= 11 is 0. The highest BCUT2D eigenvalue weighted by atomic mass is 19.4. The van der Waals surface area contributed by atoms with Crippen molar-refractivity contribution in [2.75, 3.05) is 0 Å². The van der Waals surface area contributed by atoms with Crippen molar-refractivity contribution >= 4 is 5.69 Å². The van der Waals surface area contributed by atoms with E-state index < -0.39 is 40.1 Å². The first kappa shape index (κ1) is 12.9. The Bertz CT molecular complexity index is 505. The van der Waals surface area contributed by atoms with Crippen LogP contribution in [-0.4, -0.2) is 10.0 Å². The number of hydrogen-bond donors (Lipinski definition) is 1. The zero-order valence-corrected chi connectivity index (χ0v) is 8.15. The fourth-order valence-corrected chi connectivity index (χ4v) is 1.36. The smallest absolute Gasteiger partial charge is 0.391 e. The molecular weight excluding hydrogens is 241 g/mol. The molecule has 0 unspecified atom stereocenters. The van der Waals surface area contributed by atoms with Crippen LogP contribution in [0.1, 0.15) is 16.7 Å². The number of nitro groups is 1. The lowest BCUT2D eigenvalue weighted by atomic mass is 10.0. The molecule has 1 rings (SSSR count). The fraction of sp³-hybridized carbons (Fsp3) is 0.222. The minimum Gasteiger partial charge on any atom is -0.391 e. The van der Waals surface area contributed by atoms with Gasteiger partial charge in [0.05, 0.1) is 22.7 Å². The van der Waals surface area contributed by atoms with E-state index in [1.807, 2.05) is 0 Å². The van der Waals surface area contributed by atoms with E-state index in [0.29, 0.717) is 12.1 Å². The highest BCUT2D eigenvalue weighted by Gasteiger charge is 2.37. The summed E-state index contributed by atoms with van der Waals surface area (Å²) in [6, 6.07) is 2.66. The average molecular weight is 246 g/mol. The number of aliphatic hydroxyl groups is 1. The van der Waals surface area contributed by atoms with Crippen molar-refractivity contribution in [2.45, 2.75) is 12.8 Å². The maximum atomic E-state index is 12.5. The molecule has 17 heavy (non-hydrogen) atoms. The zero-order valence-electron chi connectivity index (χ0n) is 8.15. The molecule has 5 nitrogen and oxygen atoms in total. The Kier molecular flexibility index (Phi) is 3.34. The average Bonchev–Trinajstić information content (AvgIpc) is 2.25. The normalized spacial score (nSPS) is 11.0. The predicted molar refractivity (Wildman–Crippen MR) is 48.7 cm³/mol. The van der Waals surface area contributed by atoms with E-state index in [2.05, 4.69) is 0 Å². The minimum atomic E-state index is -4.82. The van der Waals surface area contributed by atoms with Gasteiger partial charge in [-0.3, -0.25) is 10.1 Å². The molecule has 1 aromatic rings. The van der Waals surface area contributed by atoms with Crippen molar-refractivity contribution in [2.24, 2.45) is 0 Å². The largest absolute Gasteiger partial charge is 0.417 e. The molecule has 0 aliphatic rings. The van der Waals surface area contributed by atoms with Gasteiger partial charge < -0.3 is 5.11 Å². The summed E-state index contributed by atoms with van der Waals surface area (Å²) in [7, 11) is 0. The highest BCUT2D eigenvalue weighted by molar-refractivity contribution is 5.57. The maximum absolute atomic E-state index is 12.5. The molecule has 0 aliphatic heterocycles. The summed E-state index contributed by atoms with van der Waals surface area (Å²) in [6.07, 6.45) is -4.82. The van der Waals surface area contributed by atoms with E-state index in [1.54, 1.807) is 0 Å². The van der Waals surface area contributed by atoms with Gasteiger partial charge in [0.2, 0.25) is 0 Å². The molecule has 0 fully saturated rings. The van der Waals surface area contributed by atoms with Gasteiger partial charge in [-0.2, -0.15) is 18.4 Å². The number of rotatable bonds is 2. The molecule has 0 bridgehead atoms. The van der Waals surface area contributed by atoms with Gasteiger partial charge >= 0.3 is 6.18 Å². The molecule has 0 radical (unpaired) electrons.